The van der Waals surface area contributed by atoms with Crippen LogP contribution in [0, 0.1) is 0 Å². The molecule has 0 unspecified atom stereocenters. The van der Waals surface area contributed by atoms with Gasteiger partial charge in [0.1, 0.15) is 10.6 Å². The van der Waals surface area contributed by atoms with E-state index in [-0.39, 0.29) is 22.6 Å². The first kappa shape index (κ1) is 19.9. The van der Waals surface area contributed by atoms with Crippen LogP contribution in [0.2, 0.25) is 0 Å². The minimum Gasteiger partial charge on any atom is -0.495 e. The molecule has 1 saturated heterocycles. The first-order valence-electron chi connectivity index (χ1n) is 10.0. The molecule has 0 aliphatic carbocycles. The highest BCUT2D eigenvalue weighted by molar-refractivity contribution is 7.89. The van der Waals surface area contributed by atoms with Gasteiger partial charge in [-0.05, 0) is 62.4 Å². The molecule has 0 aromatic heterocycles. The topological polar surface area (TPSA) is 66.9 Å². The second-order valence-corrected chi connectivity index (χ2v) is 9.57. The lowest BCUT2D eigenvalue weighted by molar-refractivity contribution is 0.0975. The van der Waals surface area contributed by atoms with Crippen LogP contribution in [0.15, 0.2) is 47.4 Å². The third kappa shape index (κ3) is 3.53. The zero-order chi connectivity index (χ0) is 20.6. The zero-order valence-electron chi connectivity index (χ0n) is 16.8. The molecule has 2 aromatic rings. The second-order valence-electron chi connectivity index (χ2n) is 7.67. The van der Waals surface area contributed by atoms with Gasteiger partial charge in [0.15, 0.2) is 0 Å². The van der Waals surface area contributed by atoms with E-state index < -0.39 is 10.0 Å². The number of methoxy groups -OCH3 is 1. The van der Waals surface area contributed by atoms with Gasteiger partial charge < -0.3 is 9.64 Å². The van der Waals surface area contributed by atoms with Crippen molar-refractivity contribution >= 4 is 21.6 Å². The molecule has 6 nitrogen and oxygen atoms in total. The van der Waals surface area contributed by atoms with E-state index in [2.05, 4.69) is 0 Å². The molecular weight excluding hydrogens is 388 g/mol. The number of carbonyl (C=O) groups excluding carboxylic acids is 1. The summed E-state index contributed by atoms with van der Waals surface area (Å²) in [4.78, 5) is 15.3. The van der Waals surface area contributed by atoms with Gasteiger partial charge in [-0.1, -0.05) is 18.2 Å². The first-order valence-corrected chi connectivity index (χ1v) is 11.5. The van der Waals surface area contributed by atoms with Gasteiger partial charge in [-0.3, -0.25) is 4.79 Å². The Morgan fingerprint density at radius 3 is 2.55 bits per heavy atom. The number of sulfonamides is 1. The summed E-state index contributed by atoms with van der Waals surface area (Å²) >= 11 is 0. The van der Waals surface area contributed by atoms with E-state index in [1.54, 1.807) is 17.0 Å². The third-order valence-corrected chi connectivity index (χ3v) is 7.76. The number of benzene rings is 2. The zero-order valence-corrected chi connectivity index (χ0v) is 17.6. The molecule has 29 heavy (non-hydrogen) atoms. The van der Waals surface area contributed by atoms with Gasteiger partial charge in [0, 0.05) is 30.4 Å². The van der Waals surface area contributed by atoms with Crippen LogP contribution in [0.1, 0.15) is 42.1 Å². The highest BCUT2D eigenvalue weighted by Crippen LogP contribution is 2.34. The summed E-state index contributed by atoms with van der Waals surface area (Å²) in [5.74, 6) is 0.0747. The number of carbonyl (C=O) groups is 1. The molecule has 0 spiro atoms. The number of ether oxygens (including phenoxy) is 1. The third-order valence-electron chi connectivity index (χ3n) is 5.84. The quantitative estimate of drug-likeness (QED) is 0.768. The van der Waals surface area contributed by atoms with Crippen molar-refractivity contribution in [3.8, 4) is 5.75 Å². The summed E-state index contributed by atoms with van der Waals surface area (Å²) in [7, 11) is -2.26. The SMILES string of the molecule is COc1ccc(C(=O)N2c3ccccc3CC[C@H]2C)cc1S(=O)(=O)N1CCCC1. The fraction of sp³-hybridized carbons (Fsp3) is 0.409. The van der Waals surface area contributed by atoms with Crippen LogP contribution in [0.5, 0.6) is 5.75 Å². The maximum absolute atomic E-state index is 13.4. The Kier molecular flexibility index (Phi) is 5.36. The van der Waals surface area contributed by atoms with Crippen molar-refractivity contribution in [2.45, 2.75) is 43.5 Å². The molecule has 2 aliphatic heterocycles. The van der Waals surface area contributed by atoms with E-state index in [0.29, 0.717) is 18.7 Å². The average molecular weight is 415 g/mol. The van der Waals surface area contributed by atoms with Crippen LogP contribution < -0.4 is 9.64 Å². The average Bonchev–Trinajstić information content (AvgIpc) is 3.28. The molecule has 2 heterocycles. The van der Waals surface area contributed by atoms with Crippen molar-refractivity contribution in [3.63, 3.8) is 0 Å². The normalized spacial score (nSPS) is 19.8. The number of aryl methyl sites for hydroxylation is 1. The molecule has 4 rings (SSSR count). The van der Waals surface area contributed by atoms with Crippen molar-refractivity contribution in [1.82, 2.24) is 4.31 Å². The summed E-state index contributed by atoms with van der Waals surface area (Å²) in [6, 6.07) is 12.6. The summed E-state index contributed by atoms with van der Waals surface area (Å²) in [6.07, 6.45) is 3.50. The molecule has 0 bridgehead atoms. The molecule has 154 valence electrons. The Morgan fingerprint density at radius 1 is 1.10 bits per heavy atom. The molecular formula is C22H26N2O4S. The molecule has 1 amide bonds. The largest absolute Gasteiger partial charge is 0.495 e. The predicted octanol–water partition coefficient (Wildman–Crippen LogP) is 3.46. The lowest BCUT2D eigenvalue weighted by Gasteiger charge is -2.35. The van der Waals surface area contributed by atoms with Crippen LogP contribution in [0.25, 0.3) is 0 Å². The van der Waals surface area contributed by atoms with Gasteiger partial charge in [0.05, 0.1) is 7.11 Å². The minimum atomic E-state index is -3.70. The number of hydrogen-bond acceptors (Lipinski definition) is 4. The molecule has 1 atom stereocenters. The standard InChI is InChI=1S/C22H26N2O4S/c1-16-9-10-17-7-3-4-8-19(17)24(16)22(25)18-11-12-20(28-2)21(15-18)29(26,27)23-13-5-6-14-23/h3-4,7-8,11-12,15-16H,5-6,9-10,13-14H2,1-2H3/t16-/m1/s1. The Bertz CT molecular complexity index is 1030. The highest BCUT2D eigenvalue weighted by Gasteiger charge is 2.33. The van der Waals surface area contributed by atoms with E-state index >= 15 is 0 Å². The van der Waals surface area contributed by atoms with Gasteiger partial charge in [0.25, 0.3) is 5.91 Å². The maximum Gasteiger partial charge on any atom is 0.258 e. The predicted molar refractivity (Wildman–Crippen MR) is 112 cm³/mol. The Morgan fingerprint density at radius 2 is 1.83 bits per heavy atom. The first-order chi connectivity index (χ1) is 13.9. The van der Waals surface area contributed by atoms with Gasteiger partial charge in [-0.2, -0.15) is 4.31 Å². The van der Waals surface area contributed by atoms with Gasteiger partial charge in [-0.25, -0.2) is 8.42 Å². The van der Waals surface area contributed by atoms with Crippen molar-refractivity contribution < 1.29 is 17.9 Å². The van der Waals surface area contributed by atoms with Crippen LogP contribution in [-0.4, -0.2) is 44.9 Å². The lowest BCUT2D eigenvalue weighted by Crippen LogP contribution is -2.42. The Labute approximate surface area is 172 Å². The molecule has 0 radical (unpaired) electrons. The summed E-state index contributed by atoms with van der Waals surface area (Å²) < 4.78 is 33.1. The van der Waals surface area contributed by atoms with Crippen molar-refractivity contribution in [3.05, 3.63) is 53.6 Å². The Hall–Kier alpha value is -2.38. The monoisotopic (exact) mass is 414 g/mol. The minimum absolute atomic E-state index is 0.0399. The van der Waals surface area contributed by atoms with Crippen molar-refractivity contribution in [2.75, 3.05) is 25.1 Å². The lowest BCUT2D eigenvalue weighted by atomic mass is 9.96. The van der Waals surface area contributed by atoms with E-state index in [0.717, 1.165) is 36.9 Å². The summed E-state index contributed by atoms with van der Waals surface area (Å²) in [5.41, 5.74) is 2.39. The maximum atomic E-state index is 13.4. The molecule has 7 heteroatoms. The smallest absolute Gasteiger partial charge is 0.258 e. The van der Waals surface area contributed by atoms with Crippen molar-refractivity contribution in [2.24, 2.45) is 0 Å². The van der Waals surface area contributed by atoms with Crippen molar-refractivity contribution in [1.29, 1.82) is 0 Å². The van der Waals surface area contributed by atoms with E-state index in [1.165, 1.54) is 17.5 Å². The molecule has 0 N–H and O–H groups in total. The number of fused-ring (bicyclic) bond motifs is 1. The van der Waals surface area contributed by atoms with Gasteiger partial charge in [0.2, 0.25) is 10.0 Å². The highest BCUT2D eigenvalue weighted by atomic mass is 32.2. The molecule has 2 aromatic carbocycles. The molecule has 1 fully saturated rings. The summed E-state index contributed by atoms with van der Waals surface area (Å²) in [6.45, 7) is 3.03. The number of nitrogens with zero attached hydrogens (tertiary/aromatic N) is 2. The summed E-state index contributed by atoms with van der Waals surface area (Å²) in [5, 5.41) is 0. The van der Waals surface area contributed by atoms with E-state index in [1.807, 2.05) is 31.2 Å². The fourth-order valence-corrected chi connectivity index (χ4v) is 5.91. The van der Waals surface area contributed by atoms with Gasteiger partial charge in [-0.15, -0.1) is 0 Å². The molecule has 0 saturated carbocycles. The van der Waals surface area contributed by atoms with Crippen LogP contribution >= 0.6 is 0 Å². The number of amides is 1. The second kappa shape index (κ2) is 7.80. The number of rotatable bonds is 4. The number of hydrogen-bond donors (Lipinski definition) is 0. The fourth-order valence-electron chi connectivity index (χ4n) is 4.22. The number of para-hydroxylation sites is 1. The van der Waals surface area contributed by atoms with Crippen LogP contribution in [-0.2, 0) is 16.4 Å². The van der Waals surface area contributed by atoms with Gasteiger partial charge >= 0.3 is 0 Å². The number of anilines is 1. The van der Waals surface area contributed by atoms with Crippen LogP contribution in [0.3, 0.4) is 0 Å². The molecule has 2 aliphatic rings. The van der Waals surface area contributed by atoms with Crippen LogP contribution in [0.4, 0.5) is 5.69 Å². The Balaban J connectivity index is 1.75. The van der Waals surface area contributed by atoms with E-state index in [9.17, 15) is 13.2 Å². The van der Waals surface area contributed by atoms with E-state index in [4.69, 9.17) is 4.74 Å².